The molecule has 1 aromatic carbocycles. The van der Waals surface area contributed by atoms with E-state index in [0.29, 0.717) is 12.2 Å². The largest absolute Gasteiger partial charge is 0.508 e. The third-order valence-electron chi connectivity index (χ3n) is 3.76. The van der Waals surface area contributed by atoms with E-state index >= 15 is 0 Å². The number of aromatic hydroxyl groups is 1. The molecule has 2 heteroatoms. The molecule has 0 aromatic heterocycles. The molecule has 17 heavy (non-hydrogen) atoms. The van der Waals surface area contributed by atoms with Crippen LogP contribution < -0.4 is 0 Å². The van der Waals surface area contributed by atoms with Crippen molar-refractivity contribution in [2.24, 2.45) is 11.8 Å². The lowest BCUT2D eigenvalue weighted by atomic mass is 9.80. The molecule has 0 bridgehead atoms. The molecule has 1 aliphatic carbocycles. The molecule has 0 saturated heterocycles. The van der Waals surface area contributed by atoms with E-state index in [9.17, 15) is 9.90 Å². The van der Waals surface area contributed by atoms with Gasteiger partial charge in [-0.15, -0.1) is 0 Å². The number of phenols is 1. The van der Waals surface area contributed by atoms with E-state index < -0.39 is 0 Å². The van der Waals surface area contributed by atoms with Crippen LogP contribution in [0.5, 0.6) is 5.75 Å². The number of hydrogen-bond acceptors (Lipinski definition) is 2. The second-order valence-electron chi connectivity index (χ2n) is 5.27. The zero-order valence-corrected chi connectivity index (χ0v) is 10.4. The van der Waals surface area contributed by atoms with Gasteiger partial charge in [-0.2, -0.15) is 0 Å². The number of carbonyl (C=O) groups is 1. The minimum Gasteiger partial charge on any atom is -0.508 e. The van der Waals surface area contributed by atoms with Crippen molar-refractivity contribution in [2.45, 2.75) is 39.0 Å². The van der Waals surface area contributed by atoms with Gasteiger partial charge in [0.05, 0.1) is 0 Å². The van der Waals surface area contributed by atoms with Gasteiger partial charge in [-0.05, 0) is 36.5 Å². The van der Waals surface area contributed by atoms with Gasteiger partial charge >= 0.3 is 0 Å². The van der Waals surface area contributed by atoms with Gasteiger partial charge in [0.2, 0.25) is 0 Å². The van der Waals surface area contributed by atoms with Crippen LogP contribution in [0.25, 0.3) is 0 Å². The summed E-state index contributed by atoms with van der Waals surface area (Å²) in [5, 5.41) is 9.36. The fourth-order valence-electron chi connectivity index (χ4n) is 2.59. The molecule has 0 heterocycles. The van der Waals surface area contributed by atoms with Gasteiger partial charge in [0, 0.05) is 12.3 Å². The van der Waals surface area contributed by atoms with Crippen molar-refractivity contribution >= 4 is 5.78 Å². The van der Waals surface area contributed by atoms with Crippen molar-refractivity contribution < 1.29 is 9.90 Å². The lowest BCUT2D eigenvalue weighted by molar-refractivity contribution is -0.123. The Morgan fingerprint density at radius 2 is 2.00 bits per heavy atom. The summed E-state index contributed by atoms with van der Waals surface area (Å²) in [4.78, 5) is 12.1. The fourth-order valence-corrected chi connectivity index (χ4v) is 2.59. The summed E-state index contributed by atoms with van der Waals surface area (Å²) in [6.07, 6.45) is 4.90. The summed E-state index contributed by atoms with van der Waals surface area (Å²) in [7, 11) is 0. The van der Waals surface area contributed by atoms with E-state index in [1.165, 1.54) is 12.8 Å². The topological polar surface area (TPSA) is 37.3 Å². The highest BCUT2D eigenvalue weighted by Crippen LogP contribution is 2.29. The van der Waals surface area contributed by atoms with Gasteiger partial charge in [-0.3, -0.25) is 4.79 Å². The normalized spacial score (nSPS) is 24.5. The van der Waals surface area contributed by atoms with Crippen LogP contribution in [0, 0.1) is 11.8 Å². The maximum absolute atomic E-state index is 12.1. The average Bonchev–Trinajstić information content (AvgIpc) is 2.29. The van der Waals surface area contributed by atoms with Crippen LogP contribution in [0.2, 0.25) is 0 Å². The number of hydrogen-bond donors (Lipinski definition) is 1. The number of carbonyl (C=O) groups excluding carboxylic acids is 1. The number of rotatable bonds is 3. The second kappa shape index (κ2) is 5.35. The zero-order chi connectivity index (χ0) is 12.3. The first kappa shape index (κ1) is 12.2. The standard InChI is InChI=1S/C15H20O2/c1-11-5-7-13(8-6-11)15(17)10-12-3-2-4-14(16)9-12/h2-4,9,11,13,16H,5-8,10H2,1H3. The monoisotopic (exact) mass is 232 g/mol. The van der Waals surface area contributed by atoms with Gasteiger partial charge in [-0.1, -0.05) is 31.9 Å². The van der Waals surface area contributed by atoms with Crippen LogP contribution in [0.1, 0.15) is 38.2 Å². The number of phenolic OH excluding ortho intramolecular Hbond substituents is 1. The van der Waals surface area contributed by atoms with Gasteiger partial charge in [0.25, 0.3) is 0 Å². The molecule has 92 valence electrons. The maximum atomic E-state index is 12.1. The van der Waals surface area contributed by atoms with Crippen LogP contribution >= 0.6 is 0 Å². The Hall–Kier alpha value is -1.31. The van der Waals surface area contributed by atoms with Gasteiger partial charge in [0.15, 0.2) is 0 Å². The molecule has 1 fully saturated rings. The molecular formula is C15H20O2. The Morgan fingerprint density at radius 3 is 2.65 bits per heavy atom. The minimum atomic E-state index is 0.243. The Labute approximate surface area is 103 Å². The summed E-state index contributed by atoms with van der Waals surface area (Å²) in [5.74, 6) is 1.60. The third kappa shape index (κ3) is 3.32. The number of benzene rings is 1. The molecule has 0 amide bonds. The number of ketones is 1. The molecule has 0 atom stereocenters. The summed E-state index contributed by atoms with van der Waals surface area (Å²) < 4.78 is 0. The third-order valence-corrected chi connectivity index (χ3v) is 3.76. The smallest absolute Gasteiger partial charge is 0.140 e. The predicted molar refractivity (Wildman–Crippen MR) is 67.9 cm³/mol. The van der Waals surface area contributed by atoms with Crippen molar-refractivity contribution in [3.05, 3.63) is 29.8 Å². The van der Waals surface area contributed by atoms with E-state index in [-0.39, 0.29) is 11.7 Å². The molecular weight excluding hydrogens is 212 g/mol. The Bertz CT molecular complexity index is 390. The predicted octanol–water partition coefficient (Wildman–Crippen LogP) is 3.33. The fraction of sp³-hybridized carbons (Fsp3) is 0.533. The van der Waals surface area contributed by atoms with Gasteiger partial charge in [0.1, 0.15) is 11.5 Å². The highest BCUT2D eigenvalue weighted by atomic mass is 16.3. The lowest BCUT2D eigenvalue weighted by Crippen LogP contribution is -2.22. The Morgan fingerprint density at radius 1 is 1.29 bits per heavy atom. The minimum absolute atomic E-state index is 0.243. The van der Waals surface area contributed by atoms with Crippen molar-refractivity contribution in [1.82, 2.24) is 0 Å². The van der Waals surface area contributed by atoms with Gasteiger partial charge < -0.3 is 5.11 Å². The molecule has 1 saturated carbocycles. The average molecular weight is 232 g/mol. The second-order valence-corrected chi connectivity index (χ2v) is 5.27. The van der Waals surface area contributed by atoms with Crippen molar-refractivity contribution in [2.75, 3.05) is 0 Å². The molecule has 0 unspecified atom stereocenters. The summed E-state index contributed by atoms with van der Waals surface area (Å²) >= 11 is 0. The number of Topliss-reactive ketones (excluding diaryl/α,β-unsaturated/α-hetero) is 1. The molecule has 0 aliphatic heterocycles. The first-order valence-electron chi connectivity index (χ1n) is 6.46. The summed E-state index contributed by atoms with van der Waals surface area (Å²) in [6.45, 7) is 2.26. The molecule has 1 N–H and O–H groups in total. The molecule has 1 aliphatic rings. The van der Waals surface area contributed by atoms with E-state index in [1.807, 2.05) is 6.07 Å². The first-order valence-corrected chi connectivity index (χ1v) is 6.46. The molecule has 2 rings (SSSR count). The molecule has 2 nitrogen and oxygen atoms in total. The quantitative estimate of drug-likeness (QED) is 0.868. The van der Waals surface area contributed by atoms with Crippen LogP contribution in [0.15, 0.2) is 24.3 Å². The highest BCUT2D eigenvalue weighted by molar-refractivity contribution is 5.83. The molecule has 0 radical (unpaired) electrons. The lowest BCUT2D eigenvalue weighted by Gasteiger charge is -2.25. The van der Waals surface area contributed by atoms with Crippen LogP contribution in [-0.2, 0) is 11.2 Å². The summed E-state index contributed by atoms with van der Waals surface area (Å²) in [5.41, 5.74) is 0.925. The molecule has 0 spiro atoms. The molecule has 1 aromatic rings. The van der Waals surface area contributed by atoms with Gasteiger partial charge in [-0.25, -0.2) is 0 Å². The SMILES string of the molecule is CC1CCC(C(=O)Cc2cccc(O)c2)CC1. The van der Waals surface area contributed by atoms with E-state index in [2.05, 4.69) is 6.92 Å². The van der Waals surface area contributed by atoms with Crippen LogP contribution in [0.4, 0.5) is 0 Å². The van der Waals surface area contributed by atoms with Crippen molar-refractivity contribution in [3.63, 3.8) is 0 Å². The van der Waals surface area contributed by atoms with Crippen molar-refractivity contribution in [3.8, 4) is 5.75 Å². The highest BCUT2D eigenvalue weighted by Gasteiger charge is 2.24. The Kier molecular flexibility index (Phi) is 3.82. The zero-order valence-electron chi connectivity index (χ0n) is 10.4. The summed E-state index contributed by atoms with van der Waals surface area (Å²) in [6, 6.07) is 7.02. The van der Waals surface area contributed by atoms with Crippen LogP contribution in [0.3, 0.4) is 0 Å². The van der Waals surface area contributed by atoms with Crippen molar-refractivity contribution in [1.29, 1.82) is 0 Å². The van der Waals surface area contributed by atoms with Crippen LogP contribution in [-0.4, -0.2) is 10.9 Å². The van der Waals surface area contributed by atoms with E-state index in [0.717, 1.165) is 24.3 Å². The van der Waals surface area contributed by atoms with E-state index in [1.54, 1.807) is 18.2 Å². The van der Waals surface area contributed by atoms with E-state index in [4.69, 9.17) is 0 Å². The maximum Gasteiger partial charge on any atom is 0.140 e. The Balaban J connectivity index is 1.93. The first-order chi connectivity index (χ1) is 8.15.